The van der Waals surface area contributed by atoms with E-state index in [2.05, 4.69) is 4.36 Å². The zero-order valence-corrected chi connectivity index (χ0v) is 11.2. The summed E-state index contributed by atoms with van der Waals surface area (Å²) in [7, 11) is -1.85. The third-order valence-electron chi connectivity index (χ3n) is 1.93. The van der Waals surface area contributed by atoms with Gasteiger partial charge in [0, 0.05) is 5.38 Å². The van der Waals surface area contributed by atoms with Gasteiger partial charge in [-0.25, -0.2) is 4.39 Å². The van der Waals surface area contributed by atoms with Crippen LogP contribution in [0.4, 0.5) is 4.39 Å². The largest absolute Gasteiger partial charge is 0.439 e. The van der Waals surface area contributed by atoms with Gasteiger partial charge in [0.2, 0.25) is 5.91 Å². The Morgan fingerprint density at radius 1 is 1.65 bits per heavy atom. The molecular weight excluding hydrogens is 263 g/mol. The normalized spacial score (nSPS) is 15.1. The highest BCUT2D eigenvalue weighted by molar-refractivity contribution is 7.78. The standard InChI is InChI=1S/C10H14FN2O2S2/c1-6(2)3-8(12)10(14)13-17(15)9-4-7(11)5-16-9/h4-6,8H,3,12H2,1-2H3/q-1/t8-/m0/s1. The summed E-state index contributed by atoms with van der Waals surface area (Å²) in [6, 6.07) is 0.356. The first-order valence-electron chi connectivity index (χ1n) is 5.07. The van der Waals surface area contributed by atoms with E-state index in [1.54, 1.807) is 0 Å². The van der Waals surface area contributed by atoms with Gasteiger partial charge in [0.25, 0.3) is 0 Å². The van der Waals surface area contributed by atoms with Crippen molar-refractivity contribution in [3.63, 3.8) is 0 Å². The maximum atomic E-state index is 12.7. The smallest absolute Gasteiger partial charge is 0.239 e. The highest BCUT2D eigenvalue weighted by Crippen LogP contribution is 2.15. The molecule has 17 heavy (non-hydrogen) atoms. The Balaban J connectivity index is 2.75. The van der Waals surface area contributed by atoms with Crippen LogP contribution in [0.25, 0.3) is 0 Å². The number of carbonyl (C=O) groups excluding carboxylic acids is 1. The molecule has 4 nitrogen and oxygen atoms in total. The Hall–Kier alpha value is -0.790. The molecular formula is C10H14FN2O2S2-. The summed E-state index contributed by atoms with van der Waals surface area (Å²) < 4.78 is 27.9. The molecule has 0 radical (unpaired) electrons. The summed E-state index contributed by atoms with van der Waals surface area (Å²) >= 11 is 0.963. The van der Waals surface area contributed by atoms with Crippen LogP contribution in [0.2, 0.25) is 0 Å². The molecule has 2 N–H and O–H groups in total. The van der Waals surface area contributed by atoms with E-state index < -0.39 is 28.4 Å². The second-order valence-corrected chi connectivity index (χ2v) is 6.29. The fraction of sp³-hybridized carbons (Fsp3) is 0.500. The zero-order chi connectivity index (χ0) is 13.0. The molecule has 0 bridgehead atoms. The van der Waals surface area contributed by atoms with Gasteiger partial charge in [0.15, 0.2) is 0 Å². The lowest BCUT2D eigenvalue weighted by atomic mass is 10.0. The monoisotopic (exact) mass is 277 g/mol. The Morgan fingerprint density at radius 3 is 2.76 bits per heavy atom. The van der Waals surface area contributed by atoms with Crippen LogP contribution in [0.3, 0.4) is 0 Å². The molecule has 1 aromatic heterocycles. The second-order valence-electron chi connectivity index (χ2n) is 4.00. The minimum atomic E-state index is -1.85. The maximum absolute atomic E-state index is 12.7. The number of thiophene rings is 1. The van der Waals surface area contributed by atoms with Gasteiger partial charge in [0.1, 0.15) is 5.82 Å². The van der Waals surface area contributed by atoms with E-state index in [0.29, 0.717) is 6.42 Å². The van der Waals surface area contributed by atoms with Gasteiger partial charge >= 0.3 is 0 Å². The van der Waals surface area contributed by atoms with Crippen LogP contribution in [-0.2, 0) is 19.6 Å². The molecule has 0 aliphatic rings. The summed E-state index contributed by atoms with van der Waals surface area (Å²) in [6.07, 6.45) is 0.484. The van der Waals surface area contributed by atoms with Crippen molar-refractivity contribution in [3.05, 3.63) is 17.3 Å². The average Bonchev–Trinajstić information content (AvgIpc) is 2.63. The van der Waals surface area contributed by atoms with Crippen LogP contribution in [0.5, 0.6) is 0 Å². The third-order valence-corrected chi connectivity index (χ3v) is 4.15. The van der Waals surface area contributed by atoms with Crippen LogP contribution in [-0.4, -0.2) is 11.9 Å². The highest BCUT2D eigenvalue weighted by atomic mass is 32.2. The molecule has 1 aromatic rings. The number of nitrogens with zero attached hydrogens (tertiary/aromatic N) is 1. The van der Waals surface area contributed by atoms with E-state index in [0.717, 1.165) is 17.4 Å². The van der Waals surface area contributed by atoms with Crippen molar-refractivity contribution in [3.8, 4) is 0 Å². The van der Waals surface area contributed by atoms with E-state index in [9.17, 15) is 13.4 Å². The lowest BCUT2D eigenvalue weighted by Crippen LogP contribution is -2.30. The molecule has 1 rings (SSSR count). The molecule has 0 saturated carbocycles. The average molecular weight is 277 g/mol. The van der Waals surface area contributed by atoms with Crippen LogP contribution >= 0.6 is 11.3 Å². The molecule has 0 fully saturated rings. The predicted octanol–water partition coefficient (Wildman–Crippen LogP) is 2.29. The van der Waals surface area contributed by atoms with Gasteiger partial charge in [-0.1, -0.05) is 13.8 Å². The van der Waals surface area contributed by atoms with Crippen molar-refractivity contribution >= 4 is 27.8 Å². The number of carbonyl (C=O) groups is 1. The summed E-state index contributed by atoms with van der Waals surface area (Å²) in [5.74, 6) is -0.824. The summed E-state index contributed by atoms with van der Waals surface area (Å²) in [4.78, 5) is 11.5. The topological polar surface area (TPSA) is 72.5 Å². The minimum absolute atomic E-state index is 0.215. The number of hydrogen-bond acceptors (Lipinski definition) is 5. The molecule has 1 atom stereocenters. The van der Waals surface area contributed by atoms with Crippen molar-refractivity contribution in [1.82, 2.24) is 0 Å². The van der Waals surface area contributed by atoms with Crippen molar-refractivity contribution in [2.45, 2.75) is 30.5 Å². The fourth-order valence-corrected chi connectivity index (χ4v) is 2.85. The van der Waals surface area contributed by atoms with Crippen molar-refractivity contribution in [2.75, 3.05) is 0 Å². The Bertz CT molecular complexity index is 478. The predicted molar refractivity (Wildman–Crippen MR) is 65.5 cm³/mol. The first-order chi connectivity index (χ1) is 7.90. The molecule has 0 aromatic carbocycles. The van der Waals surface area contributed by atoms with Gasteiger partial charge < -0.3 is 14.3 Å². The lowest BCUT2D eigenvalue weighted by Gasteiger charge is -2.11. The van der Waals surface area contributed by atoms with Crippen LogP contribution in [0, 0.1) is 11.7 Å². The number of nitrogens with two attached hydrogens (primary N) is 1. The van der Waals surface area contributed by atoms with Crippen molar-refractivity contribution in [1.29, 1.82) is 0 Å². The van der Waals surface area contributed by atoms with Crippen molar-refractivity contribution in [2.24, 2.45) is 16.0 Å². The molecule has 1 amide bonds. The lowest BCUT2D eigenvalue weighted by molar-refractivity contribution is -0.119. The van der Waals surface area contributed by atoms with Crippen LogP contribution < -0.4 is 5.73 Å². The third kappa shape index (κ3) is 4.53. The Morgan fingerprint density at radius 2 is 2.29 bits per heavy atom. The quantitative estimate of drug-likeness (QED) is 0.858. The molecule has 0 aliphatic carbocycles. The molecule has 96 valence electrons. The highest BCUT2D eigenvalue weighted by Gasteiger charge is 2.11. The van der Waals surface area contributed by atoms with Gasteiger partial charge in [-0.2, -0.15) is 11.3 Å². The summed E-state index contributed by atoms with van der Waals surface area (Å²) in [6.45, 7) is 3.86. The number of rotatable bonds is 4. The zero-order valence-electron chi connectivity index (χ0n) is 9.55. The van der Waals surface area contributed by atoms with E-state index in [1.807, 2.05) is 13.8 Å². The molecule has 0 saturated heterocycles. The van der Waals surface area contributed by atoms with Gasteiger partial charge in [-0.05, 0) is 22.6 Å². The molecule has 0 aliphatic heterocycles. The van der Waals surface area contributed by atoms with E-state index >= 15 is 0 Å². The number of halogens is 1. The number of amides is 1. The van der Waals surface area contributed by atoms with Crippen LogP contribution in [0.15, 0.2) is 20.0 Å². The van der Waals surface area contributed by atoms with Gasteiger partial charge in [-0.15, -0.1) is 10.6 Å². The SMILES string of the molecule is CC(C)C[C@H](N)C(=O)N=[S-](=O)c1cc(F)cs1. The van der Waals surface area contributed by atoms with Gasteiger partial charge in [-0.3, -0.25) is 4.79 Å². The molecule has 1 heterocycles. The molecule has 7 heteroatoms. The Labute approximate surface area is 105 Å². The first kappa shape index (κ1) is 14.3. The van der Waals surface area contributed by atoms with E-state index in [-0.39, 0.29) is 10.1 Å². The van der Waals surface area contributed by atoms with Gasteiger partial charge in [0.05, 0.1) is 6.04 Å². The maximum Gasteiger partial charge on any atom is 0.239 e. The molecule has 0 spiro atoms. The second kappa shape index (κ2) is 6.23. The van der Waals surface area contributed by atoms with Crippen LogP contribution in [0.1, 0.15) is 20.3 Å². The summed E-state index contributed by atoms with van der Waals surface area (Å²) in [5, 5.41) is 1.21. The molecule has 0 unspecified atom stereocenters. The van der Waals surface area contributed by atoms with Crippen molar-refractivity contribution < 1.29 is 13.4 Å². The van der Waals surface area contributed by atoms with E-state index in [4.69, 9.17) is 5.73 Å². The fourth-order valence-electron chi connectivity index (χ4n) is 1.19. The summed E-state index contributed by atoms with van der Waals surface area (Å²) in [5.41, 5.74) is 5.60. The first-order valence-corrected chi connectivity index (χ1v) is 7.06. The van der Waals surface area contributed by atoms with E-state index in [1.165, 1.54) is 5.38 Å². The number of hydrogen-bond donors (Lipinski definition) is 1. The Kier molecular flexibility index (Phi) is 5.23. The minimum Gasteiger partial charge on any atom is -0.439 e.